The van der Waals surface area contributed by atoms with Gasteiger partial charge in [0.2, 0.25) is 0 Å². The number of nitrogens with one attached hydrogen (secondary N) is 1. The Hall–Kier alpha value is -2.15. The number of aryl methyl sites for hydroxylation is 2. The van der Waals surface area contributed by atoms with Crippen LogP contribution in [0, 0.1) is 24.0 Å². The fraction of sp³-hybridized carbons (Fsp3) is 0.278. The molecule has 0 saturated carbocycles. The van der Waals surface area contributed by atoms with Gasteiger partial charge in [0, 0.05) is 16.7 Å². The predicted octanol–water partition coefficient (Wildman–Crippen LogP) is 3.78. The van der Waals surface area contributed by atoms with Crippen LogP contribution in [0.15, 0.2) is 30.3 Å². The maximum absolute atomic E-state index is 12.2. The van der Waals surface area contributed by atoms with E-state index in [0.29, 0.717) is 10.0 Å². The first kappa shape index (κ1) is 20.2. The van der Waals surface area contributed by atoms with Crippen LogP contribution >= 0.6 is 23.2 Å². The summed E-state index contributed by atoms with van der Waals surface area (Å²) in [4.78, 5) is 22.9. The number of nitro groups is 1. The largest absolute Gasteiger partial charge is 0.332 e. The van der Waals surface area contributed by atoms with Crippen LogP contribution in [0.1, 0.15) is 29.7 Å². The second kappa shape index (κ2) is 8.49. The summed E-state index contributed by atoms with van der Waals surface area (Å²) in [5.74, 6) is -0.326. The standard InChI is InChI=1S/C18H19Cl2N3O3/c1-10-6-16(17(23(25)26)7-11(10)2)22-18(24)9-21-12(3)14-5-4-13(19)8-15(14)20/h4-8,12,21H,9H2,1-3H3,(H,22,24)/p+1/t12-/m1/s1. The lowest BCUT2D eigenvalue weighted by atomic mass is 10.1. The smallest absolute Gasteiger partial charge is 0.293 e. The molecule has 2 aromatic rings. The van der Waals surface area contributed by atoms with Crippen molar-refractivity contribution in [1.82, 2.24) is 0 Å². The molecule has 0 aliphatic rings. The number of hydrogen-bond acceptors (Lipinski definition) is 3. The minimum atomic E-state index is -0.498. The molecule has 0 fully saturated rings. The average Bonchev–Trinajstić information content (AvgIpc) is 2.55. The van der Waals surface area contributed by atoms with Crippen LogP contribution in [0.2, 0.25) is 10.0 Å². The molecule has 8 heteroatoms. The zero-order valence-electron chi connectivity index (χ0n) is 14.7. The molecule has 26 heavy (non-hydrogen) atoms. The first-order valence-electron chi connectivity index (χ1n) is 8.02. The number of halogens is 2. The molecule has 6 nitrogen and oxygen atoms in total. The fourth-order valence-corrected chi connectivity index (χ4v) is 3.12. The van der Waals surface area contributed by atoms with Gasteiger partial charge in [-0.3, -0.25) is 14.9 Å². The summed E-state index contributed by atoms with van der Waals surface area (Å²) in [5.41, 5.74) is 2.62. The highest BCUT2D eigenvalue weighted by Crippen LogP contribution is 2.28. The monoisotopic (exact) mass is 396 g/mol. The van der Waals surface area contributed by atoms with E-state index < -0.39 is 4.92 Å². The van der Waals surface area contributed by atoms with Gasteiger partial charge >= 0.3 is 0 Å². The maximum Gasteiger partial charge on any atom is 0.293 e. The van der Waals surface area contributed by atoms with Crippen molar-refractivity contribution in [1.29, 1.82) is 0 Å². The van der Waals surface area contributed by atoms with Gasteiger partial charge in [0.25, 0.3) is 11.6 Å². The van der Waals surface area contributed by atoms with Crippen molar-refractivity contribution in [2.45, 2.75) is 26.8 Å². The molecule has 0 aliphatic heterocycles. The summed E-state index contributed by atoms with van der Waals surface area (Å²) in [7, 11) is 0. The number of rotatable bonds is 6. The molecule has 3 N–H and O–H groups in total. The molecular weight excluding hydrogens is 377 g/mol. The van der Waals surface area contributed by atoms with Crippen molar-refractivity contribution in [3.8, 4) is 0 Å². The van der Waals surface area contributed by atoms with E-state index in [-0.39, 0.29) is 29.9 Å². The number of carbonyl (C=O) groups excluding carboxylic acids is 1. The van der Waals surface area contributed by atoms with Gasteiger partial charge in [-0.15, -0.1) is 0 Å². The first-order valence-corrected chi connectivity index (χ1v) is 8.78. The summed E-state index contributed by atoms with van der Waals surface area (Å²) >= 11 is 12.1. The minimum absolute atomic E-state index is 0.0692. The van der Waals surface area contributed by atoms with Gasteiger partial charge in [-0.05, 0) is 50.1 Å². The van der Waals surface area contributed by atoms with Crippen molar-refractivity contribution in [2.24, 2.45) is 0 Å². The number of amides is 1. The van der Waals surface area contributed by atoms with E-state index in [1.807, 2.05) is 19.9 Å². The van der Waals surface area contributed by atoms with Crippen molar-refractivity contribution < 1.29 is 15.0 Å². The first-order chi connectivity index (χ1) is 12.2. The highest BCUT2D eigenvalue weighted by atomic mass is 35.5. The van der Waals surface area contributed by atoms with Gasteiger partial charge in [0.15, 0.2) is 6.54 Å². The Labute approximate surface area is 161 Å². The number of hydrogen-bond donors (Lipinski definition) is 2. The number of quaternary nitrogens is 1. The molecule has 138 valence electrons. The third-order valence-electron chi connectivity index (χ3n) is 4.19. The topological polar surface area (TPSA) is 88.8 Å². The highest BCUT2D eigenvalue weighted by molar-refractivity contribution is 6.35. The lowest BCUT2D eigenvalue weighted by molar-refractivity contribution is -0.682. The van der Waals surface area contributed by atoms with Gasteiger partial charge in [-0.2, -0.15) is 0 Å². The number of benzene rings is 2. The Balaban J connectivity index is 2.05. The lowest BCUT2D eigenvalue weighted by Crippen LogP contribution is -2.86. The van der Waals surface area contributed by atoms with Gasteiger partial charge in [-0.1, -0.05) is 29.3 Å². The quantitative estimate of drug-likeness (QED) is 0.574. The molecule has 1 atom stereocenters. The van der Waals surface area contributed by atoms with E-state index in [2.05, 4.69) is 5.32 Å². The van der Waals surface area contributed by atoms with Crippen LogP contribution in [0.5, 0.6) is 0 Å². The second-order valence-electron chi connectivity index (χ2n) is 6.15. The van der Waals surface area contributed by atoms with Gasteiger partial charge in [0.1, 0.15) is 11.7 Å². The summed E-state index contributed by atoms with van der Waals surface area (Å²) in [5, 5.41) is 16.7. The highest BCUT2D eigenvalue weighted by Gasteiger charge is 2.19. The van der Waals surface area contributed by atoms with Crippen LogP contribution in [0.3, 0.4) is 0 Å². The van der Waals surface area contributed by atoms with E-state index in [1.165, 1.54) is 6.07 Å². The molecule has 0 aliphatic carbocycles. The molecule has 0 aromatic heterocycles. The summed E-state index contributed by atoms with van der Waals surface area (Å²) in [6.07, 6.45) is 0. The molecule has 0 spiro atoms. The Morgan fingerprint density at radius 1 is 1.23 bits per heavy atom. The Morgan fingerprint density at radius 3 is 2.50 bits per heavy atom. The van der Waals surface area contributed by atoms with Crippen molar-refractivity contribution in [3.05, 3.63) is 67.2 Å². The summed E-state index contributed by atoms with van der Waals surface area (Å²) in [6.45, 7) is 5.65. The molecule has 2 aromatic carbocycles. The second-order valence-corrected chi connectivity index (χ2v) is 7.00. The van der Waals surface area contributed by atoms with Crippen molar-refractivity contribution in [2.75, 3.05) is 11.9 Å². The van der Waals surface area contributed by atoms with Crippen LogP contribution in [0.4, 0.5) is 11.4 Å². The molecule has 0 heterocycles. The minimum Gasteiger partial charge on any atom is -0.332 e. The van der Waals surface area contributed by atoms with E-state index in [4.69, 9.17) is 23.2 Å². The molecule has 0 saturated heterocycles. The molecule has 1 amide bonds. The third-order valence-corrected chi connectivity index (χ3v) is 4.76. The SMILES string of the molecule is Cc1cc(NC(=O)C[NH2+][C@H](C)c2ccc(Cl)cc2Cl)c([N+](=O)[O-])cc1C. The number of nitrogens with zero attached hydrogens (tertiary/aromatic N) is 1. The molecule has 0 unspecified atom stereocenters. The predicted molar refractivity (Wildman–Crippen MR) is 103 cm³/mol. The number of nitro benzene ring substituents is 1. The van der Waals surface area contributed by atoms with Crippen LogP contribution in [-0.2, 0) is 4.79 Å². The Kier molecular flexibility index (Phi) is 6.58. The lowest BCUT2D eigenvalue weighted by Gasteiger charge is -2.13. The van der Waals surface area contributed by atoms with Crippen LogP contribution in [-0.4, -0.2) is 17.4 Å². The zero-order valence-corrected chi connectivity index (χ0v) is 16.2. The molecule has 2 rings (SSSR count). The average molecular weight is 397 g/mol. The van der Waals surface area contributed by atoms with E-state index in [1.54, 1.807) is 30.4 Å². The zero-order chi connectivity index (χ0) is 19.4. The van der Waals surface area contributed by atoms with Gasteiger partial charge in [0.05, 0.1) is 9.95 Å². The third kappa shape index (κ3) is 4.94. The van der Waals surface area contributed by atoms with E-state index >= 15 is 0 Å². The number of anilines is 1. The Bertz CT molecular complexity index is 856. The van der Waals surface area contributed by atoms with Gasteiger partial charge in [-0.25, -0.2) is 0 Å². The fourth-order valence-electron chi connectivity index (χ4n) is 2.53. The number of carbonyl (C=O) groups is 1. The Morgan fingerprint density at radius 2 is 1.88 bits per heavy atom. The summed E-state index contributed by atoms with van der Waals surface area (Å²) in [6, 6.07) is 8.22. The van der Waals surface area contributed by atoms with Crippen molar-refractivity contribution in [3.63, 3.8) is 0 Å². The molecule has 0 bridgehead atoms. The van der Waals surface area contributed by atoms with E-state index in [9.17, 15) is 14.9 Å². The van der Waals surface area contributed by atoms with Crippen LogP contribution < -0.4 is 10.6 Å². The maximum atomic E-state index is 12.2. The van der Waals surface area contributed by atoms with Gasteiger partial charge < -0.3 is 10.6 Å². The summed E-state index contributed by atoms with van der Waals surface area (Å²) < 4.78 is 0. The van der Waals surface area contributed by atoms with E-state index in [0.717, 1.165) is 16.7 Å². The molecular formula is C18H20Cl2N3O3+. The normalized spacial score (nSPS) is 11.9. The van der Waals surface area contributed by atoms with Crippen LogP contribution in [0.25, 0.3) is 0 Å². The van der Waals surface area contributed by atoms with Crippen molar-refractivity contribution >= 4 is 40.5 Å². The molecule has 0 radical (unpaired) electrons. The number of nitrogens with two attached hydrogens (primary N) is 1.